The molecule has 1 aromatic rings. The summed E-state index contributed by atoms with van der Waals surface area (Å²) in [7, 11) is -4.71. The summed E-state index contributed by atoms with van der Waals surface area (Å²) in [6.45, 7) is 5.07. The molecule has 0 spiro atoms. The van der Waals surface area contributed by atoms with Gasteiger partial charge in [-0.1, -0.05) is 17.9 Å². The lowest BCUT2D eigenvalue weighted by atomic mass is 9.96. The SMILES string of the molecule is CCCCc1c(C)c([N+](=O)[O-])cc(S([O])(=O)=O)c1C. The van der Waals surface area contributed by atoms with E-state index in [2.05, 4.69) is 0 Å². The normalized spacial score (nSPS) is 11.6. The van der Waals surface area contributed by atoms with E-state index in [0.29, 0.717) is 23.1 Å². The van der Waals surface area contributed by atoms with Crippen molar-refractivity contribution in [1.82, 2.24) is 0 Å². The maximum absolute atomic E-state index is 11.2. The molecular weight excluding hydrogens is 270 g/mol. The van der Waals surface area contributed by atoms with E-state index in [1.54, 1.807) is 6.92 Å². The number of unbranched alkanes of at least 4 members (excludes halogenated alkanes) is 1. The predicted molar refractivity (Wildman–Crippen MR) is 69.1 cm³/mol. The van der Waals surface area contributed by atoms with Crippen LogP contribution in [0, 0.1) is 24.0 Å². The standard InChI is InChI=1S/C12H16NO5S/c1-4-5-6-10-8(2)11(13(14)15)7-12(9(10)3)19(16,17)18/h7H,4-6H2,1-3H3. The fourth-order valence-corrected chi connectivity index (χ4v) is 2.86. The third-order valence-corrected chi connectivity index (χ3v) is 4.14. The molecule has 7 heteroatoms. The molecule has 0 atom stereocenters. The zero-order chi connectivity index (χ0) is 14.8. The van der Waals surface area contributed by atoms with Crippen LogP contribution in [0.4, 0.5) is 5.69 Å². The van der Waals surface area contributed by atoms with Gasteiger partial charge >= 0.3 is 10.1 Å². The Morgan fingerprint density at radius 1 is 1.26 bits per heavy atom. The maximum Gasteiger partial charge on any atom is 0.324 e. The zero-order valence-electron chi connectivity index (χ0n) is 11.1. The van der Waals surface area contributed by atoms with Crippen molar-refractivity contribution in [2.24, 2.45) is 0 Å². The number of rotatable bonds is 5. The first-order valence-corrected chi connectivity index (χ1v) is 7.34. The number of hydrogen-bond acceptors (Lipinski definition) is 4. The van der Waals surface area contributed by atoms with E-state index >= 15 is 0 Å². The number of nitrogens with zero attached hydrogens (tertiary/aromatic N) is 1. The molecule has 0 aliphatic rings. The van der Waals surface area contributed by atoms with E-state index in [1.165, 1.54) is 6.92 Å². The summed E-state index contributed by atoms with van der Waals surface area (Å²) in [5.74, 6) is 0. The largest absolute Gasteiger partial charge is 0.324 e. The van der Waals surface area contributed by atoms with Gasteiger partial charge in [-0.2, -0.15) is 8.42 Å². The first-order chi connectivity index (χ1) is 8.70. The van der Waals surface area contributed by atoms with E-state index in [9.17, 15) is 23.1 Å². The quantitative estimate of drug-likeness (QED) is 0.613. The van der Waals surface area contributed by atoms with Crippen LogP contribution >= 0.6 is 0 Å². The van der Waals surface area contributed by atoms with Gasteiger partial charge in [-0.05, 0) is 37.8 Å². The monoisotopic (exact) mass is 286 g/mol. The van der Waals surface area contributed by atoms with E-state index in [-0.39, 0.29) is 5.69 Å². The van der Waals surface area contributed by atoms with Crippen LogP contribution in [-0.2, 0) is 21.1 Å². The van der Waals surface area contributed by atoms with Crippen LogP contribution in [0.25, 0.3) is 0 Å². The Morgan fingerprint density at radius 3 is 2.26 bits per heavy atom. The van der Waals surface area contributed by atoms with E-state index < -0.39 is 19.9 Å². The third-order valence-electron chi connectivity index (χ3n) is 3.17. The Hall–Kier alpha value is -1.47. The minimum absolute atomic E-state index is 0.314. The Kier molecular flexibility index (Phi) is 4.65. The number of nitro benzene ring substituents is 1. The molecule has 0 aromatic heterocycles. The maximum atomic E-state index is 11.2. The van der Waals surface area contributed by atoms with Gasteiger partial charge in [0.25, 0.3) is 5.69 Å². The van der Waals surface area contributed by atoms with Gasteiger partial charge in [0, 0.05) is 11.6 Å². The summed E-state index contributed by atoms with van der Waals surface area (Å²) in [5.41, 5.74) is 1.03. The summed E-state index contributed by atoms with van der Waals surface area (Å²) in [6.07, 6.45) is 2.18. The van der Waals surface area contributed by atoms with Gasteiger partial charge in [0.15, 0.2) is 0 Å². The number of nitro groups is 1. The molecule has 1 radical (unpaired) electrons. The molecule has 0 aliphatic heterocycles. The van der Waals surface area contributed by atoms with Crippen LogP contribution in [-0.4, -0.2) is 13.3 Å². The van der Waals surface area contributed by atoms with E-state index in [1.807, 2.05) is 6.92 Å². The molecule has 0 saturated carbocycles. The van der Waals surface area contributed by atoms with Crippen molar-refractivity contribution in [3.8, 4) is 0 Å². The molecule has 0 unspecified atom stereocenters. The van der Waals surface area contributed by atoms with Crippen molar-refractivity contribution in [3.63, 3.8) is 0 Å². The highest BCUT2D eigenvalue weighted by Crippen LogP contribution is 2.31. The summed E-state index contributed by atoms with van der Waals surface area (Å²) >= 11 is 0. The molecule has 0 fully saturated rings. The Morgan fingerprint density at radius 2 is 1.84 bits per heavy atom. The Bertz CT molecular complexity index is 607. The van der Waals surface area contributed by atoms with Crippen LogP contribution in [0.15, 0.2) is 11.0 Å². The van der Waals surface area contributed by atoms with Gasteiger partial charge < -0.3 is 0 Å². The second-order valence-electron chi connectivity index (χ2n) is 4.44. The van der Waals surface area contributed by atoms with Crippen molar-refractivity contribution < 1.29 is 17.9 Å². The summed E-state index contributed by atoms with van der Waals surface area (Å²) in [5, 5.41) is 10.9. The smallest absolute Gasteiger partial charge is 0.258 e. The predicted octanol–water partition coefficient (Wildman–Crippen LogP) is 2.67. The molecule has 19 heavy (non-hydrogen) atoms. The Labute approximate surface area is 112 Å². The van der Waals surface area contributed by atoms with Crippen LogP contribution in [0.5, 0.6) is 0 Å². The van der Waals surface area contributed by atoms with Gasteiger partial charge in [0.2, 0.25) is 0 Å². The molecule has 0 amide bonds. The highest BCUT2D eigenvalue weighted by Gasteiger charge is 2.25. The van der Waals surface area contributed by atoms with E-state index in [0.717, 1.165) is 18.9 Å². The van der Waals surface area contributed by atoms with Crippen molar-refractivity contribution in [1.29, 1.82) is 0 Å². The van der Waals surface area contributed by atoms with Gasteiger partial charge in [-0.3, -0.25) is 10.1 Å². The molecule has 1 aromatic carbocycles. The van der Waals surface area contributed by atoms with Crippen molar-refractivity contribution in [2.75, 3.05) is 0 Å². The fourth-order valence-electron chi connectivity index (χ4n) is 2.10. The van der Waals surface area contributed by atoms with Crippen molar-refractivity contribution in [3.05, 3.63) is 32.9 Å². The van der Waals surface area contributed by atoms with Crippen LogP contribution in [0.1, 0.15) is 36.5 Å². The van der Waals surface area contributed by atoms with Crippen LogP contribution in [0.3, 0.4) is 0 Å². The highest BCUT2D eigenvalue weighted by atomic mass is 32.2. The fraction of sp³-hybridized carbons (Fsp3) is 0.500. The molecule has 1 rings (SSSR count). The van der Waals surface area contributed by atoms with Crippen molar-refractivity contribution >= 4 is 15.8 Å². The summed E-state index contributed by atoms with van der Waals surface area (Å²) in [6, 6.07) is 0.864. The average molecular weight is 286 g/mol. The molecule has 6 nitrogen and oxygen atoms in total. The van der Waals surface area contributed by atoms with Gasteiger partial charge in [0.05, 0.1) is 4.92 Å². The Balaban J connectivity index is 3.61. The topological polar surface area (TPSA) is 97.2 Å². The number of benzene rings is 1. The summed E-state index contributed by atoms with van der Waals surface area (Å²) < 4.78 is 33.6. The lowest BCUT2D eigenvalue weighted by Crippen LogP contribution is -2.07. The van der Waals surface area contributed by atoms with Crippen LogP contribution < -0.4 is 0 Å². The molecule has 0 aliphatic carbocycles. The number of hydrogen-bond donors (Lipinski definition) is 0. The molecule has 0 bridgehead atoms. The molecule has 0 N–H and O–H groups in total. The molecule has 0 saturated heterocycles. The molecular formula is C12H16NO5S. The van der Waals surface area contributed by atoms with Crippen LogP contribution in [0.2, 0.25) is 0 Å². The first-order valence-electron chi connectivity index (χ1n) is 5.93. The lowest BCUT2D eigenvalue weighted by Gasteiger charge is -2.12. The second-order valence-corrected chi connectivity index (χ2v) is 5.79. The molecule has 105 valence electrons. The third kappa shape index (κ3) is 3.30. The van der Waals surface area contributed by atoms with Crippen molar-refractivity contribution in [2.45, 2.75) is 44.9 Å². The highest BCUT2D eigenvalue weighted by molar-refractivity contribution is 7.85. The van der Waals surface area contributed by atoms with Gasteiger partial charge in [0.1, 0.15) is 4.90 Å². The minimum atomic E-state index is -4.71. The molecule has 0 heterocycles. The van der Waals surface area contributed by atoms with Gasteiger partial charge in [-0.25, -0.2) is 0 Å². The summed E-state index contributed by atoms with van der Waals surface area (Å²) in [4.78, 5) is 9.80. The lowest BCUT2D eigenvalue weighted by molar-refractivity contribution is -0.385. The van der Waals surface area contributed by atoms with E-state index in [4.69, 9.17) is 0 Å². The average Bonchev–Trinajstić information content (AvgIpc) is 2.26. The van der Waals surface area contributed by atoms with Gasteiger partial charge in [-0.15, -0.1) is 0 Å². The second kappa shape index (κ2) is 5.66. The first kappa shape index (κ1) is 15.6. The minimum Gasteiger partial charge on any atom is -0.258 e. The zero-order valence-corrected chi connectivity index (χ0v) is 11.9.